The summed E-state index contributed by atoms with van der Waals surface area (Å²) in [7, 11) is -4.19. The fourth-order valence-electron chi connectivity index (χ4n) is 1.60. The third-order valence-electron chi connectivity index (χ3n) is 2.28. The van der Waals surface area contributed by atoms with E-state index in [1.54, 1.807) is 11.3 Å². The van der Waals surface area contributed by atoms with Gasteiger partial charge in [0, 0.05) is 5.38 Å². The number of nitrogens with zero attached hydrogens (tertiary/aromatic N) is 2. The Kier molecular flexibility index (Phi) is 3.53. The van der Waals surface area contributed by atoms with Gasteiger partial charge in [-0.1, -0.05) is 17.4 Å². The van der Waals surface area contributed by atoms with Crippen molar-refractivity contribution in [1.29, 1.82) is 0 Å². The molecule has 3 rings (SSSR count). The number of hydrogen-bond donors (Lipinski definition) is 3. The molecule has 98 valence electrons. The van der Waals surface area contributed by atoms with Crippen molar-refractivity contribution in [1.82, 2.24) is 4.40 Å². The molecule has 3 heterocycles. The minimum atomic E-state index is -4.19. The van der Waals surface area contributed by atoms with Gasteiger partial charge in [0.2, 0.25) is 0 Å². The second kappa shape index (κ2) is 4.81. The third kappa shape index (κ3) is 2.96. The fraction of sp³-hybridized carbons (Fsp3) is 0.100. The molecule has 0 aliphatic heterocycles. The molecule has 0 spiro atoms. The third-order valence-corrected chi connectivity index (χ3v) is 3.34. The molecule has 6 nitrogen and oxygen atoms in total. The maximum atomic E-state index is 8.83. The number of halogens is 1. The predicted octanol–water partition coefficient (Wildman–Crippen LogP) is -0.812. The summed E-state index contributed by atoms with van der Waals surface area (Å²) >= 11 is 1.78. The van der Waals surface area contributed by atoms with Crippen molar-refractivity contribution in [3.63, 3.8) is 0 Å². The zero-order valence-corrected chi connectivity index (χ0v) is 11.0. The summed E-state index contributed by atoms with van der Waals surface area (Å²) in [5.41, 5.74) is 2.54. The number of aryl methyl sites for hydroxylation is 1. The number of pyridine rings is 1. The van der Waals surface area contributed by atoms with Crippen LogP contribution in [0.15, 0.2) is 36.0 Å². The molecule has 0 aliphatic rings. The van der Waals surface area contributed by atoms with Gasteiger partial charge in [0.05, 0.1) is 6.20 Å². The van der Waals surface area contributed by atoms with E-state index < -0.39 is 10.2 Å². The molecule has 0 unspecified atom stereocenters. The Morgan fingerprint density at radius 2 is 2.00 bits per heavy atom. The van der Waals surface area contributed by atoms with Crippen LogP contribution in [0.3, 0.4) is 0 Å². The van der Waals surface area contributed by atoms with Gasteiger partial charge in [-0.2, -0.15) is 8.80 Å². The van der Waals surface area contributed by atoms with Gasteiger partial charge in [-0.15, -0.1) is 0 Å². The molecule has 0 saturated carbocycles. The van der Waals surface area contributed by atoms with E-state index in [0.29, 0.717) is 0 Å². The van der Waals surface area contributed by atoms with E-state index in [4.69, 9.17) is 18.6 Å². The first-order valence-corrected chi connectivity index (χ1v) is 7.08. The van der Waals surface area contributed by atoms with Crippen LogP contribution in [-0.2, 0) is 0 Å². The van der Waals surface area contributed by atoms with Crippen LogP contribution < -0.4 is 9.06 Å². The molecule has 0 amide bonds. The quantitative estimate of drug-likeness (QED) is 0.472. The fourth-order valence-corrected chi connectivity index (χ4v) is 2.58. The van der Waals surface area contributed by atoms with Gasteiger partial charge in [-0.3, -0.25) is 0 Å². The normalized spacial score (nSPS) is 12.5. The van der Waals surface area contributed by atoms with E-state index in [2.05, 4.69) is 51.7 Å². The van der Waals surface area contributed by atoms with Crippen molar-refractivity contribution in [2.24, 2.45) is 0 Å². The van der Waals surface area contributed by atoms with Gasteiger partial charge in [-0.25, -0.2) is 0 Å². The summed E-state index contributed by atoms with van der Waals surface area (Å²) in [6.07, 6.45) is 4.27. The second-order valence-corrected chi connectivity index (χ2v) is 5.29. The van der Waals surface area contributed by atoms with E-state index in [9.17, 15) is 0 Å². The van der Waals surface area contributed by atoms with Crippen molar-refractivity contribution >= 4 is 21.8 Å². The van der Waals surface area contributed by atoms with Crippen LogP contribution in [0.4, 0.5) is 0 Å². The van der Waals surface area contributed by atoms with Crippen molar-refractivity contribution in [3.05, 3.63) is 41.7 Å². The number of aromatic nitrogens is 2. The van der Waals surface area contributed by atoms with Gasteiger partial charge in [0.25, 0.3) is 0 Å². The van der Waals surface area contributed by atoms with Crippen LogP contribution in [0, 0.1) is 17.2 Å². The number of rotatable bonds is 0. The first-order valence-electron chi connectivity index (χ1n) is 4.88. The number of thiazole rings is 1. The van der Waals surface area contributed by atoms with Crippen molar-refractivity contribution in [2.45, 2.75) is 6.92 Å². The topological polar surface area (TPSA) is 92.3 Å². The molecular formula is C10H12ClN2O4S+. The molecule has 0 aliphatic carbocycles. The summed E-state index contributed by atoms with van der Waals surface area (Å²) in [5.74, 6) is 0. The van der Waals surface area contributed by atoms with Crippen molar-refractivity contribution in [2.75, 3.05) is 0 Å². The Balaban J connectivity index is 0.000000209. The molecule has 18 heavy (non-hydrogen) atoms. The molecule has 0 aromatic carbocycles. The van der Waals surface area contributed by atoms with Crippen molar-refractivity contribution in [3.8, 4) is 0 Å². The Morgan fingerprint density at radius 1 is 1.33 bits per heavy atom. The van der Waals surface area contributed by atoms with Gasteiger partial charge < -0.3 is 0 Å². The van der Waals surface area contributed by atoms with Crippen LogP contribution in [0.5, 0.6) is 0 Å². The molecular weight excluding hydrogens is 280 g/mol. The summed E-state index contributed by atoms with van der Waals surface area (Å²) in [5, 5.41) is 2.18. The van der Waals surface area contributed by atoms with Crippen LogP contribution in [0.1, 0.15) is 5.69 Å². The average molecular weight is 292 g/mol. The first-order chi connectivity index (χ1) is 8.36. The molecule has 3 N–H and O–H groups in total. The number of hydrogen-bond acceptors (Lipinski definition) is 5. The second-order valence-electron chi connectivity index (χ2n) is 3.59. The zero-order chi connectivity index (χ0) is 13.3. The Hall–Kier alpha value is -1.22. The Morgan fingerprint density at radius 3 is 2.67 bits per heavy atom. The monoisotopic (exact) mass is 291 g/mol. The van der Waals surface area contributed by atoms with Gasteiger partial charge in [0.1, 0.15) is 11.9 Å². The van der Waals surface area contributed by atoms with Crippen molar-refractivity contribution < 1.29 is 33.3 Å². The standard InChI is InChI=1S/C10H9N2S.ClH3O4/c1-8-7-13-10-11-5-3-2-4-9(11)6-12(8)10;2-1(3,4)5/h2-7H,1H3;2-4H/q+1;. The van der Waals surface area contributed by atoms with E-state index in [1.807, 2.05) is 0 Å². The van der Waals surface area contributed by atoms with Crippen LogP contribution >= 0.6 is 11.3 Å². The van der Waals surface area contributed by atoms with E-state index >= 15 is 0 Å². The predicted molar refractivity (Wildman–Crippen MR) is 59.8 cm³/mol. The molecule has 3 aromatic heterocycles. The van der Waals surface area contributed by atoms with Gasteiger partial charge in [0.15, 0.2) is 5.52 Å². The number of imidazole rings is 1. The van der Waals surface area contributed by atoms with E-state index in [1.165, 1.54) is 16.2 Å². The summed E-state index contributed by atoms with van der Waals surface area (Å²) < 4.78 is 34.7. The van der Waals surface area contributed by atoms with E-state index in [-0.39, 0.29) is 0 Å². The summed E-state index contributed by atoms with van der Waals surface area (Å²) in [6.45, 7) is 2.13. The molecule has 0 bridgehead atoms. The zero-order valence-electron chi connectivity index (χ0n) is 9.39. The minimum absolute atomic E-state index is 1.25. The SMILES string of the molecule is Cc1csc2n1cc1cccc[n+]12.[O-][Cl+](O)(O)O. The molecule has 8 heteroatoms. The maximum absolute atomic E-state index is 8.83. The first kappa shape index (κ1) is 13.2. The molecule has 0 atom stereocenters. The van der Waals surface area contributed by atoms with Gasteiger partial charge in [-0.05, 0) is 19.1 Å². The van der Waals surface area contributed by atoms with Crippen LogP contribution in [0.2, 0.25) is 0 Å². The Bertz CT molecular complexity index is 667. The molecule has 0 radical (unpaired) electrons. The molecule has 3 aromatic rings. The van der Waals surface area contributed by atoms with E-state index in [0.717, 1.165) is 0 Å². The van der Waals surface area contributed by atoms with Crippen LogP contribution in [-0.4, -0.2) is 18.4 Å². The van der Waals surface area contributed by atoms with Crippen LogP contribution in [0.25, 0.3) is 10.5 Å². The molecule has 0 fully saturated rings. The average Bonchev–Trinajstić information content (AvgIpc) is 2.77. The Labute approximate surface area is 108 Å². The number of fused-ring (bicyclic) bond motifs is 3. The summed E-state index contributed by atoms with van der Waals surface area (Å²) in [4.78, 5) is 1.27. The van der Waals surface area contributed by atoms with Gasteiger partial charge >= 0.3 is 33.8 Å². The summed E-state index contributed by atoms with van der Waals surface area (Å²) in [6, 6.07) is 6.25. The molecule has 0 saturated heterocycles.